The van der Waals surface area contributed by atoms with Gasteiger partial charge >= 0.3 is 5.97 Å². The quantitative estimate of drug-likeness (QED) is 0.302. The summed E-state index contributed by atoms with van der Waals surface area (Å²) in [5, 5.41) is 8.26. The number of nitrogens with two attached hydrogens (primary N) is 1. The molecule has 1 aliphatic heterocycles. The lowest BCUT2D eigenvalue weighted by molar-refractivity contribution is -0.145. The van der Waals surface area contributed by atoms with E-state index in [1.54, 1.807) is 18.2 Å². The number of esters is 1. The van der Waals surface area contributed by atoms with Crippen molar-refractivity contribution in [2.24, 2.45) is 11.7 Å². The first-order valence-electron chi connectivity index (χ1n) is 9.82. The largest absolute Gasteiger partial charge is 0.491 e. The van der Waals surface area contributed by atoms with Crippen LogP contribution in [0.15, 0.2) is 30.5 Å². The van der Waals surface area contributed by atoms with Crippen molar-refractivity contribution in [2.45, 2.75) is 18.9 Å². The molecule has 0 saturated carbocycles. The zero-order valence-corrected chi connectivity index (χ0v) is 19.5. The number of methoxy groups -OCH3 is 2. The van der Waals surface area contributed by atoms with Gasteiger partial charge in [-0.1, -0.05) is 0 Å². The Labute approximate surface area is 196 Å². The van der Waals surface area contributed by atoms with Gasteiger partial charge < -0.3 is 24.8 Å². The summed E-state index contributed by atoms with van der Waals surface area (Å²) in [4.78, 5) is 31.0. The fourth-order valence-electron chi connectivity index (χ4n) is 3.48. The van der Waals surface area contributed by atoms with Gasteiger partial charge in [0, 0.05) is 25.4 Å². The highest BCUT2D eigenvalue weighted by Gasteiger charge is 2.40. The van der Waals surface area contributed by atoms with Crippen LogP contribution in [0.2, 0.25) is 0 Å². The van der Waals surface area contributed by atoms with Gasteiger partial charge in [0.15, 0.2) is 0 Å². The van der Waals surface area contributed by atoms with Crippen molar-refractivity contribution in [2.75, 3.05) is 34.0 Å². The number of aromatic nitrogens is 1. The number of thiazole rings is 1. The molecule has 0 aliphatic carbocycles. The van der Waals surface area contributed by atoms with Crippen molar-refractivity contribution < 1.29 is 23.8 Å². The molecular formula is C21H27ClN4O5S. The van der Waals surface area contributed by atoms with Crippen LogP contribution in [0.1, 0.15) is 17.7 Å². The Balaban J connectivity index is 0.00000363. The standard InChI is InChI=1S/C21H26N4O5S.ClH/c1-28-8-7-25-15(9-14(21(25)27)10-18(26)29-2)12-30-16-5-3-13(4-6-16)20-24-11-17(31-20)19(22)23;/h3-6,11,14-15H,7-10,12H2,1-2H3,(H3,22,23);1H/t14-,15-;/m0./s1. The third-order valence-corrected chi connectivity index (χ3v) is 6.20. The molecule has 0 spiro atoms. The Bertz CT molecular complexity index is 937. The third kappa shape index (κ3) is 6.18. The Kier molecular flexibility index (Phi) is 9.42. The minimum Gasteiger partial charge on any atom is -0.491 e. The van der Waals surface area contributed by atoms with E-state index in [4.69, 9.17) is 25.4 Å². The van der Waals surface area contributed by atoms with Crippen LogP contribution in [0.3, 0.4) is 0 Å². The van der Waals surface area contributed by atoms with Crippen molar-refractivity contribution in [3.8, 4) is 16.3 Å². The first-order chi connectivity index (χ1) is 14.9. The number of rotatable bonds is 10. The van der Waals surface area contributed by atoms with E-state index >= 15 is 0 Å². The maximum absolute atomic E-state index is 12.7. The van der Waals surface area contributed by atoms with E-state index in [2.05, 4.69) is 4.98 Å². The van der Waals surface area contributed by atoms with Gasteiger partial charge in [0.1, 0.15) is 23.2 Å². The minimum atomic E-state index is -0.402. The first kappa shape index (κ1) is 25.6. The van der Waals surface area contributed by atoms with Gasteiger partial charge in [0.25, 0.3) is 0 Å². The Morgan fingerprint density at radius 1 is 1.31 bits per heavy atom. The summed E-state index contributed by atoms with van der Waals surface area (Å²) in [5.74, 6) is -0.199. The summed E-state index contributed by atoms with van der Waals surface area (Å²) >= 11 is 1.35. The van der Waals surface area contributed by atoms with E-state index in [0.717, 1.165) is 10.6 Å². The molecule has 2 aromatic rings. The maximum Gasteiger partial charge on any atom is 0.306 e. The number of likely N-dealkylation sites (tertiary alicyclic amines) is 1. The predicted octanol–water partition coefficient (Wildman–Crippen LogP) is 2.32. The van der Waals surface area contributed by atoms with Crippen LogP contribution in [0.5, 0.6) is 5.75 Å². The molecular weight excluding hydrogens is 456 g/mol. The van der Waals surface area contributed by atoms with Crippen molar-refractivity contribution in [3.63, 3.8) is 0 Å². The molecule has 0 unspecified atom stereocenters. The fourth-order valence-corrected chi connectivity index (χ4v) is 4.27. The smallest absolute Gasteiger partial charge is 0.306 e. The van der Waals surface area contributed by atoms with Crippen molar-refractivity contribution in [1.82, 2.24) is 9.88 Å². The molecule has 0 bridgehead atoms. The van der Waals surface area contributed by atoms with Crippen LogP contribution in [-0.4, -0.2) is 67.6 Å². The average molecular weight is 483 g/mol. The monoisotopic (exact) mass is 482 g/mol. The van der Waals surface area contributed by atoms with Crippen LogP contribution < -0.4 is 10.5 Å². The number of carbonyl (C=O) groups is 2. The van der Waals surface area contributed by atoms with Crippen molar-refractivity contribution >= 4 is 41.5 Å². The molecule has 1 aromatic heterocycles. The Morgan fingerprint density at radius 3 is 2.62 bits per heavy atom. The van der Waals surface area contributed by atoms with Crippen molar-refractivity contribution in [1.29, 1.82) is 5.41 Å². The number of nitrogen functional groups attached to an aromatic ring is 1. The topological polar surface area (TPSA) is 128 Å². The molecule has 1 amide bonds. The lowest BCUT2D eigenvalue weighted by atomic mass is 10.0. The summed E-state index contributed by atoms with van der Waals surface area (Å²) in [5.41, 5.74) is 6.40. The summed E-state index contributed by atoms with van der Waals surface area (Å²) < 4.78 is 15.8. The number of amidine groups is 1. The number of ether oxygens (including phenoxy) is 3. The molecule has 32 heavy (non-hydrogen) atoms. The van der Waals surface area contributed by atoms with Gasteiger partial charge in [-0.2, -0.15) is 0 Å². The van der Waals surface area contributed by atoms with Gasteiger partial charge in [-0.3, -0.25) is 15.0 Å². The summed E-state index contributed by atoms with van der Waals surface area (Å²) in [6, 6.07) is 7.31. The maximum atomic E-state index is 12.7. The van der Waals surface area contributed by atoms with Crippen LogP contribution in [0.4, 0.5) is 0 Å². The number of hydrogen-bond acceptors (Lipinski definition) is 8. The van der Waals surface area contributed by atoms with Gasteiger partial charge in [-0.15, -0.1) is 23.7 Å². The second-order valence-electron chi connectivity index (χ2n) is 7.17. The molecule has 1 aromatic carbocycles. The SMILES string of the molecule is COCCN1C(=O)[C@H](CC(=O)OC)C[C@H]1COc1ccc(-c2ncc(C(=N)N)s2)cc1.Cl. The van der Waals surface area contributed by atoms with E-state index in [1.165, 1.54) is 18.4 Å². The Morgan fingerprint density at radius 2 is 2.03 bits per heavy atom. The molecule has 2 atom stereocenters. The molecule has 2 heterocycles. The predicted molar refractivity (Wildman–Crippen MR) is 123 cm³/mol. The van der Waals surface area contributed by atoms with E-state index < -0.39 is 11.9 Å². The third-order valence-electron chi connectivity index (χ3n) is 5.12. The average Bonchev–Trinajstić information content (AvgIpc) is 3.37. The van der Waals surface area contributed by atoms with E-state index in [1.807, 2.05) is 24.3 Å². The van der Waals surface area contributed by atoms with E-state index in [-0.39, 0.29) is 36.6 Å². The van der Waals surface area contributed by atoms with Crippen molar-refractivity contribution in [3.05, 3.63) is 35.3 Å². The molecule has 1 aliphatic rings. The number of halogens is 1. The van der Waals surface area contributed by atoms with Crippen LogP contribution in [-0.2, 0) is 19.1 Å². The number of carbonyl (C=O) groups excluding carboxylic acids is 2. The van der Waals surface area contributed by atoms with Crippen LogP contribution in [0, 0.1) is 11.3 Å². The number of nitrogens with zero attached hydrogens (tertiary/aromatic N) is 2. The van der Waals surface area contributed by atoms with Gasteiger partial charge in [0.2, 0.25) is 5.91 Å². The van der Waals surface area contributed by atoms with E-state index in [0.29, 0.717) is 36.8 Å². The molecule has 3 N–H and O–H groups in total. The zero-order chi connectivity index (χ0) is 22.4. The van der Waals surface area contributed by atoms with Crippen LogP contribution in [0.25, 0.3) is 10.6 Å². The van der Waals surface area contributed by atoms with Crippen LogP contribution >= 0.6 is 23.7 Å². The second-order valence-corrected chi connectivity index (χ2v) is 8.20. The summed E-state index contributed by atoms with van der Waals surface area (Å²) in [6.07, 6.45) is 2.19. The molecule has 1 saturated heterocycles. The molecule has 174 valence electrons. The molecule has 0 radical (unpaired) electrons. The number of amides is 1. The summed E-state index contributed by atoms with van der Waals surface area (Å²) in [6.45, 7) is 1.18. The number of benzene rings is 1. The molecule has 11 heteroatoms. The molecule has 9 nitrogen and oxygen atoms in total. The molecule has 1 fully saturated rings. The fraction of sp³-hybridized carbons (Fsp3) is 0.429. The zero-order valence-electron chi connectivity index (χ0n) is 17.9. The summed E-state index contributed by atoms with van der Waals surface area (Å²) in [7, 11) is 2.91. The minimum absolute atomic E-state index is 0. The first-order valence-corrected chi connectivity index (χ1v) is 10.6. The van der Waals surface area contributed by atoms with Gasteiger partial charge in [-0.25, -0.2) is 4.98 Å². The van der Waals surface area contributed by atoms with Gasteiger partial charge in [-0.05, 0) is 30.7 Å². The number of hydrogen-bond donors (Lipinski definition) is 2. The molecule has 3 rings (SSSR count). The highest BCUT2D eigenvalue weighted by molar-refractivity contribution is 7.16. The normalized spacial score (nSPS) is 17.7. The Hall–Kier alpha value is -2.69. The lowest BCUT2D eigenvalue weighted by Crippen LogP contribution is -2.39. The second kappa shape index (κ2) is 11.8. The van der Waals surface area contributed by atoms with Gasteiger partial charge in [0.05, 0.1) is 37.0 Å². The highest BCUT2D eigenvalue weighted by Crippen LogP contribution is 2.30. The lowest BCUT2D eigenvalue weighted by Gasteiger charge is -2.24. The van der Waals surface area contributed by atoms with E-state index in [9.17, 15) is 9.59 Å². The highest BCUT2D eigenvalue weighted by atomic mass is 35.5. The number of nitrogens with one attached hydrogen (secondary N) is 1.